The van der Waals surface area contributed by atoms with Gasteiger partial charge in [0, 0.05) is 34.5 Å². The fourth-order valence-electron chi connectivity index (χ4n) is 5.22. The summed E-state index contributed by atoms with van der Waals surface area (Å²) in [4.78, 5) is 53.0. The molecule has 4 rings (SSSR count). The van der Waals surface area contributed by atoms with Crippen molar-refractivity contribution in [1.82, 2.24) is 15.0 Å². The van der Waals surface area contributed by atoms with Crippen LogP contribution in [-0.4, -0.2) is 78.7 Å². The molecule has 2 aliphatic heterocycles. The van der Waals surface area contributed by atoms with Crippen LogP contribution in [0.3, 0.4) is 0 Å². The zero-order valence-electron chi connectivity index (χ0n) is 21.2. The Labute approximate surface area is 222 Å². The Morgan fingerprint density at radius 3 is 2.38 bits per heavy atom. The lowest BCUT2D eigenvalue weighted by Crippen LogP contribution is -2.53. The minimum absolute atomic E-state index is 0.137. The highest BCUT2D eigenvalue weighted by atomic mass is 35.5. The zero-order chi connectivity index (χ0) is 27.4. The number of carbonyl (C=O) groups is 4. The Bertz CT molecular complexity index is 1330. The quantitative estimate of drug-likeness (QED) is 0.328. The van der Waals surface area contributed by atoms with Crippen molar-refractivity contribution in [3.8, 4) is 0 Å². The Morgan fingerprint density at radius 2 is 1.78 bits per heavy atom. The Kier molecular flexibility index (Phi) is 7.09. The van der Waals surface area contributed by atoms with Gasteiger partial charge in [-0.2, -0.15) is 8.78 Å². The predicted octanol–water partition coefficient (Wildman–Crippen LogP) is -3.45. The van der Waals surface area contributed by atoms with Gasteiger partial charge in [-0.05, 0) is 29.7 Å². The van der Waals surface area contributed by atoms with E-state index in [1.165, 1.54) is 25.0 Å². The summed E-state index contributed by atoms with van der Waals surface area (Å²) in [6.07, 6.45) is 0.366. The molecular formula is C22H23B5ClF2N3O4. The van der Waals surface area contributed by atoms with Crippen LogP contribution < -0.4 is 16.2 Å². The largest absolute Gasteiger partial charge is 0.389 e. The number of carbonyl (C=O) groups excluding carboxylic acids is 4. The van der Waals surface area contributed by atoms with Crippen molar-refractivity contribution in [3.63, 3.8) is 0 Å². The number of rotatable bonds is 5. The first-order chi connectivity index (χ1) is 17.3. The van der Waals surface area contributed by atoms with E-state index in [0.717, 1.165) is 16.9 Å². The number of imide groups is 1. The van der Waals surface area contributed by atoms with Crippen molar-refractivity contribution >= 4 is 85.5 Å². The fraction of sp³-hybridized carbons (Fsp3) is 0.273. The van der Waals surface area contributed by atoms with E-state index in [4.69, 9.17) is 11.6 Å². The van der Waals surface area contributed by atoms with Gasteiger partial charge >= 0.3 is 5.92 Å². The molecule has 15 heteroatoms. The van der Waals surface area contributed by atoms with E-state index in [0.29, 0.717) is 27.6 Å². The van der Waals surface area contributed by atoms with E-state index >= 15 is 8.78 Å². The van der Waals surface area contributed by atoms with Gasteiger partial charge in [0.1, 0.15) is 37.4 Å². The average molecular weight is 521 g/mol. The van der Waals surface area contributed by atoms with Crippen LogP contribution in [0.2, 0.25) is 5.02 Å². The number of amides is 4. The molecule has 2 aromatic rings. The molecule has 7 nitrogen and oxygen atoms in total. The first-order valence-electron chi connectivity index (χ1n) is 12.0. The van der Waals surface area contributed by atoms with Gasteiger partial charge in [-0.1, -0.05) is 40.7 Å². The maximum Gasteiger partial charge on any atom is 0.348 e. The van der Waals surface area contributed by atoms with Gasteiger partial charge < -0.3 is 9.71 Å². The molecule has 2 aliphatic rings. The number of hydrogen-bond donors (Lipinski definition) is 1. The molecule has 2 heterocycles. The molecule has 0 saturated carbocycles. The topological polar surface area (TPSA) is 86.8 Å². The molecule has 3 unspecified atom stereocenters. The molecule has 1 fully saturated rings. The predicted molar refractivity (Wildman–Crippen MR) is 148 cm³/mol. The van der Waals surface area contributed by atoms with Crippen LogP contribution in [0.1, 0.15) is 51.8 Å². The van der Waals surface area contributed by atoms with Crippen molar-refractivity contribution in [2.24, 2.45) is 0 Å². The lowest BCUT2D eigenvalue weighted by molar-refractivity contribution is -0.154. The molecule has 1 N–H and O–H groups in total. The average Bonchev–Trinajstić information content (AvgIpc) is 3.09. The van der Waals surface area contributed by atoms with Crippen LogP contribution in [0.15, 0.2) is 30.3 Å². The van der Waals surface area contributed by atoms with Crippen molar-refractivity contribution in [3.05, 3.63) is 57.6 Å². The van der Waals surface area contributed by atoms with Gasteiger partial charge in [-0.25, -0.2) is 0 Å². The van der Waals surface area contributed by atoms with Crippen molar-refractivity contribution in [2.45, 2.75) is 36.7 Å². The molecule has 0 aliphatic carbocycles. The van der Waals surface area contributed by atoms with Crippen molar-refractivity contribution in [1.29, 1.82) is 0 Å². The molecule has 3 atom stereocenters. The number of alkyl halides is 2. The standard InChI is InChI=1S/C22H23B5ClF2N3O4/c23-15-11(18(26)33(27)21(37)22(29,30)8-1-3-9(28)4-2-8)7-10-14(16(15)24)20(36)32(17(10)25)12-5-6-13(34)31-19(12)35/h1-4,7,12,17-18H,5-6,23-27H2,(H,31,34,35). The maximum absolute atomic E-state index is 15.1. The third-order valence-electron chi connectivity index (χ3n) is 7.66. The third-order valence-corrected chi connectivity index (χ3v) is 7.91. The van der Waals surface area contributed by atoms with Gasteiger partial charge in [-0.3, -0.25) is 24.5 Å². The summed E-state index contributed by atoms with van der Waals surface area (Å²) in [7, 11) is 8.32. The van der Waals surface area contributed by atoms with Crippen LogP contribution in [-0.2, 0) is 20.3 Å². The molecule has 37 heavy (non-hydrogen) atoms. The summed E-state index contributed by atoms with van der Waals surface area (Å²) >= 11 is 5.80. The van der Waals surface area contributed by atoms with E-state index in [9.17, 15) is 19.2 Å². The number of nitrogens with zero attached hydrogens (tertiary/aromatic N) is 2. The van der Waals surface area contributed by atoms with E-state index in [1.54, 1.807) is 37.5 Å². The number of benzene rings is 2. The van der Waals surface area contributed by atoms with E-state index in [-0.39, 0.29) is 29.7 Å². The molecule has 0 radical (unpaired) electrons. The summed E-state index contributed by atoms with van der Waals surface area (Å²) in [6.45, 7) is 0. The number of piperidine rings is 1. The minimum atomic E-state index is -3.76. The zero-order valence-corrected chi connectivity index (χ0v) is 22.0. The molecule has 0 spiro atoms. The maximum atomic E-state index is 15.1. The first kappa shape index (κ1) is 27.0. The van der Waals surface area contributed by atoms with Crippen LogP contribution in [0.5, 0.6) is 0 Å². The Balaban J connectivity index is 1.66. The van der Waals surface area contributed by atoms with Gasteiger partial charge in [0.05, 0.1) is 0 Å². The van der Waals surface area contributed by atoms with Crippen molar-refractivity contribution < 1.29 is 28.0 Å². The number of hydrogen-bond acceptors (Lipinski definition) is 4. The Morgan fingerprint density at radius 1 is 1.16 bits per heavy atom. The lowest BCUT2D eigenvalue weighted by Gasteiger charge is -2.33. The third kappa shape index (κ3) is 4.49. The molecule has 1 saturated heterocycles. The monoisotopic (exact) mass is 521 g/mol. The molecule has 0 bridgehead atoms. The molecule has 186 valence electrons. The van der Waals surface area contributed by atoms with E-state index in [2.05, 4.69) is 5.32 Å². The summed E-state index contributed by atoms with van der Waals surface area (Å²) < 4.78 is 30.2. The molecule has 0 aromatic heterocycles. The van der Waals surface area contributed by atoms with Crippen LogP contribution in [0.4, 0.5) is 8.78 Å². The highest BCUT2D eigenvalue weighted by Crippen LogP contribution is 2.36. The summed E-state index contributed by atoms with van der Waals surface area (Å²) in [6, 6.07) is 5.85. The summed E-state index contributed by atoms with van der Waals surface area (Å²) in [5, 5.41) is 2.58. The van der Waals surface area contributed by atoms with Crippen molar-refractivity contribution in [2.75, 3.05) is 0 Å². The molecule has 4 amide bonds. The van der Waals surface area contributed by atoms with E-state index in [1.807, 2.05) is 0 Å². The highest BCUT2D eigenvalue weighted by Gasteiger charge is 2.46. The fourth-order valence-corrected chi connectivity index (χ4v) is 5.34. The van der Waals surface area contributed by atoms with Crippen LogP contribution in [0, 0.1) is 0 Å². The van der Waals surface area contributed by atoms with Gasteiger partial charge in [0.25, 0.3) is 11.8 Å². The lowest BCUT2D eigenvalue weighted by atomic mass is 9.68. The van der Waals surface area contributed by atoms with E-state index < -0.39 is 41.2 Å². The summed E-state index contributed by atoms with van der Waals surface area (Å²) in [5.41, 5.74) is 2.66. The number of nitrogens with one attached hydrogen (secondary N) is 1. The number of halogens is 3. The Hall–Kier alpha value is -3.01. The molecule has 2 aromatic carbocycles. The van der Waals surface area contributed by atoms with Gasteiger partial charge in [0.2, 0.25) is 19.8 Å². The molecular weight excluding hydrogens is 498 g/mol. The second kappa shape index (κ2) is 9.70. The van der Waals surface area contributed by atoms with Gasteiger partial charge in [-0.15, -0.1) is 0 Å². The number of fused-ring (bicyclic) bond motifs is 1. The normalized spacial score (nSPS) is 20.4. The van der Waals surface area contributed by atoms with Gasteiger partial charge in [0.15, 0.2) is 0 Å². The highest BCUT2D eigenvalue weighted by molar-refractivity contribution is 6.52. The first-order valence-corrected chi connectivity index (χ1v) is 12.4. The van der Waals surface area contributed by atoms with Crippen LogP contribution in [0.25, 0.3) is 0 Å². The second-order valence-corrected chi connectivity index (χ2v) is 10.1. The summed E-state index contributed by atoms with van der Waals surface area (Å²) in [5.74, 6) is -7.54. The minimum Gasteiger partial charge on any atom is -0.389 e. The van der Waals surface area contributed by atoms with Crippen LogP contribution >= 0.6 is 11.6 Å². The smallest absolute Gasteiger partial charge is 0.348 e. The second-order valence-electron chi connectivity index (χ2n) is 9.71. The SMILES string of the molecule is Bc1c(C(B)N(B)C(=O)C(F)(F)c2ccc(Cl)cc2)cc2c(c1B)C(=O)N(C1CCC(=O)NC1=O)C2B.